The van der Waals surface area contributed by atoms with E-state index in [4.69, 9.17) is 4.74 Å². The molecule has 0 fully saturated rings. The Morgan fingerprint density at radius 3 is 1.67 bits per heavy atom. The molecule has 0 N–H and O–H groups in total. The molecule has 0 amide bonds. The summed E-state index contributed by atoms with van der Waals surface area (Å²) in [6.45, 7) is 2.53. The Balaban J connectivity index is 1.72. The molecule has 1 aromatic carbocycles. The Bertz CT molecular complexity index is 400. The van der Waals surface area contributed by atoms with Crippen molar-refractivity contribution in [1.82, 2.24) is 0 Å². The summed E-state index contributed by atoms with van der Waals surface area (Å²) in [6, 6.07) is 10.1. The zero-order valence-electron chi connectivity index (χ0n) is 15.6. The third-order valence-electron chi connectivity index (χ3n) is 4.44. The first-order valence-corrected chi connectivity index (χ1v) is 9.96. The summed E-state index contributed by atoms with van der Waals surface area (Å²) in [5, 5.41) is 0. The Hall–Kier alpha value is -1.31. The zero-order valence-corrected chi connectivity index (χ0v) is 15.6. The quantitative estimate of drug-likeness (QED) is 0.314. The molecular weight excluding hydrogens is 296 g/mol. The second kappa shape index (κ2) is 15.2. The number of ketones is 1. The van der Waals surface area contributed by atoms with Crippen LogP contribution in [0.3, 0.4) is 0 Å². The van der Waals surface area contributed by atoms with E-state index in [-0.39, 0.29) is 0 Å². The summed E-state index contributed by atoms with van der Waals surface area (Å²) in [4.78, 5) is 10.8. The highest BCUT2D eigenvalue weighted by molar-refractivity contribution is 5.75. The van der Waals surface area contributed by atoms with Crippen LogP contribution < -0.4 is 4.74 Å². The van der Waals surface area contributed by atoms with Gasteiger partial charge in [-0.15, -0.1) is 0 Å². The van der Waals surface area contributed by atoms with Crippen molar-refractivity contribution in [3.8, 4) is 5.75 Å². The van der Waals surface area contributed by atoms with E-state index in [1.54, 1.807) is 6.92 Å². The van der Waals surface area contributed by atoms with E-state index in [1.165, 1.54) is 64.2 Å². The number of rotatable bonds is 16. The van der Waals surface area contributed by atoms with Gasteiger partial charge in [-0.3, -0.25) is 0 Å². The number of hydrogen-bond acceptors (Lipinski definition) is 2. The van der Waals surface area contributed by atoms with Gasteiger partial charge in [0.15, 0.2) is 0 Å². The first-order valence-electron chi connectivity index (χ1n) is 9.96. The number of benzene rings is 1. The topological polar surface area (TPSA) is 26.3 Å². The first-order chi connectivity index (χ1) is 11.8. The van der Waals surface area contributed by atoms with E-state index in [9.17, 15) is 4.79 Å². The number of Topliss-reactive ketones (excluding diaryl/α,β-unsaturated/α-hetero) is 1. The van der Waals surface area contributed by atoms with E-state index in [0.717, 1.165) is 31.6 Å². The van der Waals surface area contributed by atoms with Gasteiger partial charge in [0.1, 0.15) is 11.5 Å². The van der Waals surface area contributed by atoms with Gasteiger partial charge in [0, 0.05) is 6.42 Å². The van der Waals surface area contributed by atoms with Crippen LogP contribution in [0, 0.1) is 0 Å². The number of unbranched alkanes of at least 4 members (excludes halogenated alkanes) is 11. The maximum absolute atomic E-state index is 10.8. The second-order valence-electron chi connectivity index (χ2n) is 6.86. The van der Waals surface area contributed by atoms with Crippen LogP contribution in [0.2, 0.25) is 0 Å². The molecule has 1 rings (SSSR count). The van der Waals surface area contributed by atoms with Crippen molar-refractivity contribution >= 4 is 5.78 Å². The Morgan fingerprint density at radius 2 is 1.17 bits per heavy atom. The fourth-order valence-corrected chi connectivity index (χ4v) is 2.95. The van der Waals surface area contributed by atoms with Gasteiger partial charge in [-0.2, -0.15) is 0 Å². The highest BCUT2D eigenvalue weighted by Crippen LogP contribution is 2.13. The van der Waals surface area contributed by atoms with Crippen molar-refractivity contribution < 1.29 is 9.53 Å². The molecule has 0 unspecified atom stereocenters. The minimum absolute atomic E-state index is 0.335. The van der Waals surface area contributed by atoms with Crippen molar-refractivity contribution in [1.29, 1.82) is 0 Å². The van der Waals surface area contributed by atoms with E-state index in [2.05, 4.69) is 0 Å². The maximum Gasteiger partial charge on any atom is 0.129 e. The molecule has 0 saturated heterocycles. The van der Waals surface area contributed by atoms with Crippen molar-refractivity contribution in [2.45, 2.75) is 90.4 Å². The molecule has 1 aromatic rings. The highest BCUT2D eigenvalue weighted by Gasteiger charge is 1.96. The molecule has 0 aromatic heterocycles. The van der Waals surface area contributed by atoms with Crippen LogP contribution in [0.15, 0.2) is 30.3 Å². The van der Waals surface area contributed by atoms with Gasteiger partial charge in [-0.25, -0.2) is 0 Å². The molecule has 0 aliphatic heterocycles. The lowest BCUT2D eigenvalue weighted by Gasteiger charge is -2.06. The molecule has 2 heteroatoms. The normalized spacial score (nSPS) is 10.7. The summed E-state index contributed by atoms with van der Waals surface area (Å²) in [6.07, 6.45) is 16.4. The van der Waals surface area contributed by atoms with Gasteiger partial charge >= 0.3 is 0 Å². The van der Waals surface area contributed by atoms with Crippen molar-refractivity contribution in [3.63, 3.8) is 0 Å². The Labute approximate surface area is 149 Å². The molecule has 24 heavy (non-hydrogen) atoms. The lowest BCUT2D eigenvalue weighted by molar-refractivity contribution is -0.117. The maximum atomic E-state index is 10.8. The molecule has 136 valence electrons. The van der Waals surface area contributed by atoms with Gasteiger partial charge in [0.25, 0.3) is 0 Å². The van der Waals surface area contributed by atoms with Crippen LogP contribution in [0.4, 0.5) is 0 Å². The summed E-state index contributed by atoms with van der Waals surface area (Å²) >= 11 is 0. The average molecular weight is 333 g/mol. The number of ether oxygens (including phenoxy) is 1. The molecule has 0 radical (unpaired) electrons. The molecule has 0 aliphatic rings. The average Bonchev–Trinajstić information content (AvgIpc) is 2.59. The van der Waals surface area contributed by atoms with Gasteiger partial charge in [0.2, 0.25) is 0 Å². The minimum Gasteiger partial charge on any atom is -0.494 e. The molecule has 2 nitrogen and oxygen atoms in total. The molecule has 0 atom stereocenters. The van der Waals surface area contributed by atoms with E-state index < -0.39 is 0 Å². The van der Waals surface area contributed by atoms with Crippen molar-refractivity contribution in [2.75, 3.05) is 6.61 Å². The predicted molar refractivity (Wildman–Crippen MR) is 103 cm³/mol. The Kier molecular flexibility index (Phi) is 13.2. The van der Waals surface area contributed by atoms with Crippen LogP contribution in [-0.4, -0.2) is 12.4 Å². The largest absolute Gasteiger partial charge is 0.494 e. The van der Waals surface area contributed by atoms with Crippen LogP contribution >= 0.6 is 0 Å². The Morgan fingerprint density at radius 1 is 0.708 bits per heavy atom. The number of hydrogen-bond donors (Lipinski definition) is 0. The smallest absolute Gasteiger partial charge is 0.129 e. The van der Waals surface area contributed by atoms with Crippen LogP contribution in [0.5, 0.6) is 5.75 Å². The minimum atomic E-state index is 0.335. The van der Waals surface area contributed by atoms with E-state index in [1.807, 2.05) is 30.3 Å². The first kappa shape index (κ1) is 20.7. The fourth-order valence-electron chi connectivity index (χ4n) is 2.95. The molecule has 0 spiro atoms. The van der Waals surface area contributed by atoms with Crippen LogP contribution in [0.25, 0.3) is 0 Å². The third kappa shape index (κ3) is 13.2. The van der Waals surface area contributed by atoms with Gasteiger partial charge in [-0.05, 0) is 31.9 Å². The van der Waals surface area contributed by atoms with Gasteiger partial charge < -0.3 is 9.53 Å². The van der Waals surface area contributed by atoms with Crippen molar-refractivity contribution in [3.05, 3.63) is 30.3 Å². The number of para-hydroxylation sites is 1. The molecule has 0 saturated carbocycles. The molecule has 0 bridgehead atoms. The second-order valence-corrected chi connectivity index (χ2v) is 6.86. The highest BCUT2D eigenvalue weighted by atomic mass is 16.5. The molecule has 0 heterocycles. The lowest BCUT2D eigenvalue weighted by Crippen LogP contribution is -1.96. The van der Waals surface area contributed by atoms with E-state index in [0.29, 0.717) is 5.78 Å². The number of carbonyl (C=O) groups is 1. The lowest BCUT2D eigenvalue weighted by atomic mass is 10.0. The summed E-state index contributed by atoms with van der Waals surface area (Å²) in [7, 11) is 0. The zero-order chi connectivity index (χ0) is 17.3. The van der Waals surface area contributed by atoms with Crippen molar-refractivity contribution in [2.24, 2.45) is 0 Å². The number of carbonyl (C=O) groups excluding carboxylic acids is 1. The predicted octanol–water partition coefficient (Wildman–Crippen LogP) is 6.73. The summed E-state index contributed by atoms with van der Waals surface area (Å²) in [5.74, 6) is 1.32. The SMILES string of the molecule is CC(=O)CCCCCCCCCCCCCCOc1ccccc1. The fraction of sp³-hybridized carbons (Fsp3) is 0.682. The molecule has 0 aliphatic carbocycles. The summed E-state index contributed by atoms with van der Waals surface area (Å²) in [5.41, 5.74) is 0. The van der Waals surface area contributed by atoms with Crippen LogP contribution in [0.1, 0.15) is 90.4 Å². The van der Waals surface area contributed by atoms with Crippen LogP contribution in [-0.2, 0) is 4.79 Å². The van der Waals surface area contributed by atoms with E-state index >= 15 is 0 Å². The summed E-state index contributed by atoms with van der Waals surface area (Å²) < 4.78 is 5.70. The van der Waals surface area contributed by atoms with Gasteiger partial charge in [-0.1, -0.05) is 82.4 Å². The van der Waals surface area contributed by atoms with Gasteiger partial charge in [0.05, 0.1) is 6.61 Å². The molecular formula is C22H36O2. The third-order valence-corrected chi connectivity index (χ3v) is 4.44. The standard InChI is InChI=1S/C22H36O2/c1-21(23)17-13-10-8-6-4-2-3-5-7-9-11-16-20-24-22-18-14-12-15-19-22/h12,14-15,18-19H,2-11,13,16-17,20H2,1H3. The monoisotopic (exact) mass is 332 g/mol.